The summed E-state index contributed by atoms with van der Waals surface area (Å²) in [6, 6.07) is 5.21. The van der Waals surface area contributed by atoms with E-state index in [1.54, 1.807) is 23.5 Å². The van der Waals surface area contributed by atoms with Crippen LogP contribution in [0.1, 0.15) is 41.8 Å². The summed E-state index contributed by atoms with van der Waals surface area (Å²) >= 11 is 6.51. The van der Waals surface area contributed by atoms with Gasteiger partial charge in [0.05, 0.1) is 17.0 Å². The zero-order chi connectivity index (χ0) is 15.6. The standard InChI is InChI=1S/C15H16BrNO2S2/c1-15(2,3)12-7-21-13(17-12)8-20-11-6-9(16)4-5-10(11)14(18)19/h4-7H,8H2,1-3H3,(H,18,19). The van der Waals surface area contributed by atoms with Gasteiger partial charge in [0.1, 0.15) is 5.01 Å². The Morgan fingerprint density at radius 2 is 2.14 bits per heavy atom. The van der Waals surface area contributed by atoms with Crippen LogP contribution in [0.15, 0.2) is 32.9 Å². The van der Waals surface area contributed by atoms with E-state index in [2.05, 4.69) is 47.1 Å². The van der Waals surface area contributed by atoms with E-state index in [1.165, 1.54) is 11.8 Å². The molecular weight excluding hydrogens is 370 g/mol. The van der Waals surface area contributed by atoms with Crippen LogP contribution >= 0.6 is 39.0 Å². The number of aromatic nitrogens is 1. The van der Waals surface area contributed by atoms with Gasteiger partial charge in [0.2, 0.25) is 0 Å². The quantitative estimate of drug-likeness (QED) is 0.735. The molecule has 21 heavy (non-hydrogen) atoms. The van der Waals surface area contributed by atoms with Gasteiger partial charge in [-0.25, -0.2) is 9.78 Å². The van der Waals surface area contributed by atoms with E-state index in [9.17, 15) is 9.90 Å². The van der Waals surface area contributed by atoms with E-state index < -0.39 is 5.97 Å². The molecule has 6 heteroatoms. The number of rotatable bonds is 4. The Balaban J connectivity index is 2.15. The second kappa shape index (κ2) is 6.50. The number of hydrogen-bond donors (Lipinski definition) is 1. The van der Waals surface area contributed by atoms with Crippen molar-refractivity contribution in [3.63, 3.8) is 0 Å². The number of thioether (sulfide) groups is 1. The van der Waals surface area contributed by atoms with Crippen molar-refractivity contribution in [3.05, 3.63) is 44.3 Å². The first kappa shape index (κ1) is 16.5. The van der Waals surface area contributed by atoms with Crippen molar-refractivity contribution in [2.24, 2.45) is 0 Å². The summed E-state index contributed by atoms with van der Waals surface area (Å²) in [5, 5.41) is 12.3. The van der Waals surface area contributed by atoms with Gasteiger partial charge in [0.25, 0.3) is 0 Å². The van der Waals surface area contributed by atoms with Gasteiger partial charge in [-0.3, -0.25) is 0 Å². The zero-order valence-electron chi connectivity index (χ0n) is 12.0. The lowest BCUT2D eigenvalue weighted by molar-refractivity contribution is 0.0693. The van der Waals surface area contributed by atoms with Gasteiger partial charge < -0.3 is 5.11 Å². The fourth-order valence-corrected chi connectivity index (χ4v) is 4.28. The molecule has 0 aliphatic heterocycles. The van der Waals surface area contributed by atoms with Gasteiger partial charge in [0.15, 0.2) is 0 Å². The predicted octanol–water partition coefficient (Wildman–Crippen LogP) is 5.19. The molecule has 3 nitrogen and oxygen atoms in total. The molecule has 1 heterocycles. The fourth-order valence-electron chi connectivity index (χ4n) is 1.65. The average Bonchev–Trinajstić information content (AvgIpc) is 2.84. The highest BCUT2D eigenvalue weighted by molar-refractivity contribution is 9.10. The third-order valence-corrected chi connectivity index (χ3v) is 5.44. The first-order valence-corrected chi connectivity index (χ1v) is 9.04. The Kier molecular flexibility index (Phi) is 5.11. The van der Waals surface area contributed by atoms with Crippen molar-refractivity contribution in [3.8, 4) is 0 Å². The number of nitrogens with zero attached hydrogens (tertiary/aromatic N) is 1. The molecular formula is C15H16BrNO2S2. The molecule has 0 saturated carbocycles. The van der Waals surface area contributed by atoms with Crippen LogP contribution in [-0.2, 0) is 11.2 Å². The molecule has 2 aromatic rings. The summed E-state index contributed by atoms with van der Waals surface area (Å²) in [6.45, 7) is 6.40. The molecule has 0 spiro atoms. The monoisotopic (exact) mass is 385 g/mol. The molecule has 1 aromatic heterocycles. The number of thiazole rings is 1. The highest BCUT2D eigenvalue weighted by Crippen LogP contribution is 2.31. The van der Waals surface area contributed by atoms with Gasteiger partial charge in [0, 0.05) is 20.2 Å². The largest absolute Gasteiger partial charge is 0.478 e. The lowest BCUT2D eigenvalue weighted by Crippen LogP contribution is -2.11. The van der Waals surface area contributed by atoms with Crippen LogP contribution in [0.25, 0.3) is 0 Å². The first-order chi connectivity index (χ1) is 9.77. The second-order valence-electron chi connectivity index (χ2n) is 5.61. The summed E-state index contributed by atoms with van der Waals surface area (Å²) in [5.41, 5.74) is 1.45. The van der Waals surface area contributed by atoms with Crippen LogP contribution in [0.4, 0.5) is 0 Å². The highest BCUT2D eigenvalue weighted by atomic mass is 79.9. The molecule has 0 bridgehead atoms. The molecule has 0 unspecified atom stereocenters. The molecule has 0 aliphatic rings. The highest BCUT2D eigenvalue weighted by Gasteiger charge is 2.18. The van der Waals surface area contributed by atoms with Gasteiger partial charge in [-0.2, -0.15) is 0 Å². The maximum Gasteiger partial charge on any atom is 0.336 e. The average molecular weight is 386 g/mol. The minimum absolute atomic E-state index is 0.0431. The molecule has 1 aromatic carbocycles. The summed E-state index contributed by atoms with van der Waals surface area (Å²) in [7, 11) is 0. The number of benzene rings is 1. The van der Waals surface area contributed by atoms with Crippen molar-refractivity contribution in [1.29, 1.82) is 0 Å². The zero-order valence-corrected chi connectivity index (χ0v) is 15.2. The Labute approximate surface area is 140 Å². The topological polar surface area (TPSA) is 50.2 Å². The molecule has 0 fully saturated rings. The Hall–Kier alpha value is -0.850. The predicted molar refractivity (Wildman–Crippen MR) is 91.5 cm³/mol. The number of halogens is 1. The Morgan fingerprint density at radius 1 is 1.43 bits per heavy atom. The maximum absolute atomic E-state index is 11.2. The third kappa shape index (κ3) is 4.31. The van der Waals surface area contributed by atoms with Crippen LogP contribution in [0.5, 0.6) is 0 Å². The van der Waals surface area contributed by atoms with Gasteiger partial charge >= 0.3 is 5.97 Å². The van der Waals surface area contributed by atoms with E-state index in [1.807, 2.05) is 6.07 Å². The van der Waals surface area contributed by atoms with E-state index in [4.69, 9.17) is 0 Å². The van der Waals surface area contributed by atoms with Gasteiger partial charge in [-0.05, 0) is 18.2 Å². The van der Waals surface area contributed by atoms with Crippen molar-refractivity contribution in [2.45, 2.75) is 36.8 Å². The first-order valence-electron chi connectivity index (χ1n) is 6.38. The summed E-state index contributed by atoms with van der Waals surface area (Å²) in [5.74, 6) is -0.225. The number of carboxylic acids is 1. The smallest absolute Gasteiger partial charge is 0.336 e. The number of aromatic carboxylic acids is 1. The molecule has 0 aliphatic carbocycles. The number of carbonyl (C=O) groups is 1. The summed E-state index contributed by atoms with van der Waals surface area (Å²) < 4.78 is 0.879. The van der Waals surface area contributed by atoms with E-state index in [-0.39, 0.29) is 5.41 Å². The molecule has 0 radical (unpaired) electrons. The van der Waals surface area contributed by atoms with Crippen LogP contribution in [-0.4, -0.2) is 16.1 Å². The molecule has 1 N–H and O–H groups in total. The van der Waals surface area contributed by atoms with Crippen molar-refractivity contribution < 1.29 is 9.90 Å². The molecule has 112 valence electrons. The maximum atomic E-state index is 11.2. The minimum atomic E-state index is -0.903. The van der Waals surface area contributed by atoms with Gasteiger partial charge in [-0.1, -0.05) is 36.7 Å². The molecule has 2 rings (SSSR count). The Morgan fingerprint density at radius 3 is 2.71 bits per heavy atom. The van der Waals surface area contributed by atoms with E-state index in [0.717, 1.165) is 20.1 Å². The van der Waals surface area contributed by atoms with Crippen molar-refractivity contribution >= 4 is 45.0 Å². The van der Waals surface area contributed by atoms with Gasteiger partial charge in [-0.15, -0.1) is 23.1 Å². The second-order valence-corrected chi connectivity index (χ2v) is 8.49. The van der Waals surface area contributed by atoms with E-state index >= 15 is 0 Å². The summed E-state index contributed by atoms with van der Waals surface area (Å²) in [4.78, 5) is 16.6. The van der Waals surface area contributed by atoms with Crippen molar-refractivity contribution in [1.82, 2.24) is 4.98 Å². The van der Waals surface area contributed by atoms with Crippen molar-refractivity contribution in [2.75, 3.05) is 0 Å². The lowest BCUT2D eigenvalue weighted by Gasteiger charge is -2.14. The number of carboxylic acid groups (broad SMARTS) is 1. The fraction of sp³-hybridized carbons (Fsp3) is 0.333. The Bertz CT molecular complexity index is 662. The third-order valence-electron chi connectivity index (χ3n) is 2.85. The molecule has 0 saturated heterocycles. The summed E-state index contributed by atoms with van der Waals surface area (Å²) in [6.07, 6.45) is 0. The van der Waals surface area contributed by atoms with Crippen LogP contribution < -0.4 is 0 Å². The van der Waals surface area contributed by atoms with Crippen LogP contribution in [0.2, 0.25) is 0 Å². The normalized spacial score (nSPS) is 11.6. The lowest BCUT2D eigenvalue weighted by atomic mass is 9.93. The van der Waals surface area contributed by atoms with Crippen LogP contribution in [0.3, 0.4) is 0 Å². The minimum Gasteiger partial charge on any atom is -0.478 e. The van der Waals surface area contributed by atoms with Crippen LogP contribution in [0, 0.1) is 0 Å². The molecule has 0 amide bonds. The number of hydrogen-bond acceptors (Lipinski definition) is 4. The van der Waals surface area contributed by atoms with E-state index in [0.29, 0.717) is 11.3 Å². The SMILES string of the molecule is CC(C)(C)c1csc(CSc2cc(Br)ccc2C(=O)O)n1. The molecule has 0 atom stereocenters.